The van der Waals surface area contributed by atoms with Gasteiger partial charge in [0, 0.05) is 54.9 Å². The smallest absolute Gasteiger partial charge is 0.225 e. The molecule has 0 aromatic carbocycles. The zero-order valence-electron chi connectivity index (χ0n) is 26.3. The lowest BCUT2D eigenvalue weighted by Crippen LogP contribution is -2.40. The Balaban J connectivity index is 0.000000327. The second-order valence-corrected chi connectivity index (χ2v) is 11.1. The molecule has 1 fully saturated rings. The van der Waals surface area contributed by atoms with E-state index in [0.717, 1.165) is 47.4 Å². The van der Waals surface area contributed by atoms with Crippen LogP contribution < -0.4 is 16.4 Å². The molecule has 2 aromatic rings. The van der Waals surface area contributed by atoms with Crippen molar-refractivity contribution in [2.45, 2.75) is 72.8 Å². The molecule has 10 heteroatoms. The van der Waals surface area contributed by atoms with Crippen molar-refractivity contribution in [1.82, 2.24) is 30.1 Å². The van der Waals surface area contributed by atoms with E-state index in [2.05, 4.69) is 64.9 Å². The first kappa shape index (κ1) is 34.2. The lowest BCUT2D eigenvalue weighted by molar-refractivity contribution is -0.120. The Hall–Kier alpha value is -4.05. The number of amides is 2. The van der Waals surface area contributed by atoms with Gasteiger partial charge >= 0.3 is 0 Å². The summed E-state index contributed by atoms with van der Waals surface area (Å²) in [6.07, 6.45) is 16.4. The maximum Gasteiger partial charge on any atom is 0.225 e. The molecule has 0 aliphatic carbocycles. The number of aliphatic imine (C=N–C) groups is 1. The monoisotopic (exact) mass is 576 g/mol. The minimum Gasteiger partial charge on any atom is -0.404 e. The molecule has 10 nitrogen and oxygen atoms in total. The van der Waals surface area contributed by atoms with Crippen LogP contribution in [0.1, 0.15) is 71.6 Å². The van der Waals surface area contributed by atoms with E-state index >= 15 is 0 Å². The minimum atomic E-state index is -0.0366. The molecule has 1 aliphatic rings. The Kier molecular flexibility index (Phi) is 13.3. The molecule has 228 valence electrons. The first-order chi connectivity index (χ1) is 20.0. The van der Waals surface area contributed by atoms with Crippen LogP contribution in [0.25, 0.3) is 11.1 Å². The van der Waals surface area contributed by atoms with Gasteiger partial charge in [0.2, 0.25) is 12.3 Å². The van der Waals surface area contributed by atoms with Gasteiger partial charge < -0.3 is 16.4 Å². The van der Waals surface area contributed by atoms with Crippen LogP contribution in [0.2, 0.25) is 0 Å². The molecule has 0 bridgehead atoms. The van der Waals surface area contributed by atoms with Gasteiger partial charge in [-0.1, -0.05) is 20.4 Å². The van der Waals surface area contributed by atoms with Gasteiger partial charge in [-0.05, 0) is 82.7 Å². The highest BCUT2D eigenvalue weighted by Gasteiger charge is 2.31. The summed E-state index contributed by atoms with van der Waals surface area (Å²) in [6.45, 7) is 18.2. The number of likely N-dealkylation sites (tertiary alicyclic amines) is 1. The normalized spacial score (nSPS) is 16.9. The molecular formula is C32H48N8O2. The fourth-order valence-electron chi connectivity index (χ4n) is 4.73. The van der Waals surface area contributed by atoms with E-state index in [4.69, 9.17) is 5.73 Å². The van der Waals surface area contributed by atoms with Crippen molar-refractivity contribution in [2.75, 3.05) is 20.1 Å². The van der Waals surface area contributed by atoms with Crippen LogP contribution in [0.4, 0.5) is 0 Å². The standard InChI is InChI=1S/C21H35N3O2.C11H13N5/c1-7-16(3)17(4)19(22-15-25)14-18(8-2)23-20(26)10-13-24-12-9-11-21(24,5)6;1-8-4-15-16-7-10(14-6-11(8)16)9(3-12)5-13-2/h8,14-16H,2,7,9-13H2,1,3-6H3,(H,22,25)(H,23,26);3-7H,12H2,1-2H3/b18-14+,19-17+;9-3+,13-5?. The highest BCUT2D eigenvalue weighted by molar-refractivity contribution is 6.08. The summed E-state index contributed by atoms with van der Waals surface area (Å²) in [5.41, 5.74) is 11.7. The average molecular weight is 577 g/mol. The van der Waals surface area contributed by atoms with E-state index in [1.807, 2.05) is 20.0 Å². The van der Waals surface area contributed by atoms with E-state index in [9.17, 15) is 9.59 Å². The van der Waals surface area contributed by atoms with Crippen LogP contribution in [-0.2, 0) is 9.59 Å². The molecule has 3 rings (SSSR count). The average Bonchev–Trinajstić information content (AvgIpc) is 3.53. The van der Waals surface area contributed by atoms with Crippen LogP contribution in [-0.4, -0.2) is 63.7 Å². The number of hydrogen-bond acceptors (Lipinski definition) is 7. The Morgan fingerprint density at radius 3 is 2.64 bits per heavy atom. The highest BCUT2D eigenvalue weighted by atomic mass is 16.1. The van der Waals surface area contributed by atoms with Crippen molar-refractivity contribution in [3.63, 3.8) is 0 Å². The predicted molar refractivity (Wildman–Crippen MR) is 172 cm³/mol. The molecule has 1 unspecified atom stereocenters. The van der Waals surface area contributed by atoms with Crippen LogP contribution in [0.5, 0.6) is 0 Å². The number of carbonyl (C=O) groups excluding carboxylic acids is 2. The Morgan fingerprint density at radius 2 is 2.07 bits per heavy atom. The molecule has 0 spiro atoms. The number of rotatable bonds is 12. The summed E-state index contributed by atoms with van der Waals surface area (Å²) in [5.74, 6) is 0.304. The number of aromatic nitrogens is 3. The zero-order chi connectivity index (χ0) is 31.3. The van der Waals surface area contributed by atoms with Gasteiger partial charge in [-0.15, -0.1) is 0 Å². The number of fused-ring (bicyclic) bond motifs is 1. The summed E-state index contributed by atoms with van der Waals surface area (Å²) in [7, 11) is 1.69. The quantitative estimate of drug-likeness (QED) is 0.193. The van der Waals surface area contributed by atoms with E-state index in [0.29, 0.717) is 30.1 Å². The molecule has 42 heavy (non-hydrogen) atoms. The largest absolute Gasteiger partial charge is 0.404 e. The fraction of sp³-hybridized carbons (Fsp3) is 0.469. The fourth-order valence-corrected chi connectivity index (χ4v) is 4.73. The van der Waals surface area contributed by atoms with Crippen molar-refractivity contribution < 1.29 is 9.59 Å². The lowest BCUT2D eigenvalue weighted by Gasteiger charge is -2.31. The van der Waals surface area contributed by atoms with Crippen LogP contribution in [0.15, 0.2) is 65.5 Å². The van der Waals surface area contributed by atoms with Gasteiger partial charge in [0.1, 0.15) is 0 Å². The molecule has 2 aromatic heterocycles. The second kappa shape index (κ2) is 16.4. The van der Waals surface area contributed by atoms with Crippen molar-refractivity contribution in [3.8, 4) is 0 Å². The summed E-state index contributed by atoms with van der Waals surface area (Å²) < 4.78 is 1.78. The summed E-state index contributed by atoms with van der Waals surface area (Å²) >= 11 is 0. The van der Waals surface area contributed by atoms with Gasteiger partial charge in [-0.3, -0.25) is 24.5 Å². The summed E-state index contributed by atoms with van der Waals surface area (Å²) in [6, 6.07) is 0. The van der Waals surface area contributed by atoms with E-state index < -0.39 is 0 Å². The van der Waals surface area contributed by atoms with Crippen LogP contribution in [0.3, 0.4) is 0 Å². The molecule has 2 amide bonds. The van der Waals surface area contributed by atoms with Crippen molar-refractivity contribution >= 4 is 29.6 Å². The minimum absolute atomic E-state index is 0.0366. The summed E-state index contributed by atoms with van der Waals surface area (Å²) in [5, 5.41) is 9.86. The van der Waals surface area contributed by atoms with E-state index in [1.165, 1.54) is 19.0 Å². The number of allylic oxidation sites excluding steroid dienone is 4. The number of aryl methyl sites for hydroxylation is 1. The van der Waals surface area contributed by atoms with Crippen molar-refractivity contribution in [3.05, 3.63) is 71.7 Å². The number of hydrogen-bond donors (Lipinski definition) is 3. The third-order valence-electron chi connectivity index (χ3n) is 7.82. The van der Waals surface area contributed by atoms with Crippen LogP contribution >= 0.6 is 0 Å². The maximum absolute atomic E-state index is 12.3. The third kappa shape index (κ3) is 9.51. The summed E-state index contributed by atoms with van der Waals surface area (Å²) in [4.78, 5) is 33.9. The molecule has 1 atom stereocenters. The topological polar surface area (TPSA) is 130 Å². The molecule has 1 saturated heterocycles. The number of carbonyl (C=O) groups is 2. The van der Waals surface area contributed by atoms with Crippen molar-refractivity contribution in [1.29, 1.82) is 0 Å². The molecule has 0 saturated carbocycles. The SMILES string of the molecule is C=C/C(=C\C(NC=O)=C(\C)C(C)CC)NC(=O)CCN1CCCC1(C)C.CN=C/C(=C\N)c1cn2ncc(C)c2cn1. The molecular weight excluding hydrogens is 528 g/mol. The lowest BCUT2D eigenvalue weighted by atomic mass is 9.97. The van der Waals surface area contributed by atoms with Gasteiger partial charge in [0.15, 0.2) is 0 Å². The Morgan fingerprint density at radius 1 is 1.33 bits per heavy atom. The number of nitrogens with one attached hydrogen (secondary N) is 2. The van der Waals surface area contributed by atoms with Gasteiger partial charge in [-0.2, -0.15) is 5.10 Å². The van der Waals surface area contributed by atoms with Gasteiger partial charge in [0.05, 0.1) is 29.8 Å². The Labute approximate surface area is 250 Å². The predicted octanol–water partition coefficient (Wildman–Crippen LogP) is 4.54. The number of nitrogens with zero attached hydrogens (tertiary/aromatic N) is 5. The van der Waals surface area contributed by atoms with Crippen LogP contribution in [0, 0.1) is 12.8 Å². The maximum atomic E-state index is 12.3. The van der Waals surface area contributed by atoms with Gasteiger partial charge in [0.25, 0.3) is 0 Å². The molecule has 3 heterocycles. The third-order valence-corrected chi connectivity index (χ3v) is 7.82. The van der Waals surface area contributed by atoms with Gasteiger partial charge in [-0.25, -0.2) is 4.52 Å². The molecule has 1 aliphatic heterocycles. The Bertz CT molecular complexity index is 1350. The molecule has 0 radical (unpaired) electrons. The first-order valence-electron chi connectivity index (χ1n) is 14.5. The second-order valence-electron chi connectivity index (χ2n) is 11.1. The first-order valence-corrected chi connectivity index (χ1v) is 14.5. The zero-order valence-corrected chi connectivity index (χ0v) is 26.3. The van der Waals surface area contributed by atoms with Crippen molar-refractivity contribution in [2.24, 2.45) is 16.6 Å². The highest BCUT2D eigenvalue weighted by Crippen LogP contribution is 2.28. The van der Waals surface area contributed by atoms with E-state index in [1.54, 1.807) is 42.3 Å². The molecule has 4 N–H and O–H groups in total. The van der Waals surface area contributed by atoms with E-state index in [-0.39, 0.29) is 11.4 Å². The number of nitrogens with two attached hydrogens (primary N) is 1.